The fourth-order valence-electron chi connectivity index (χ4n) is 1.58. The van der Waals surface area contributed by atoms with Crippen LogP contribution in [-0.2, 0) is 4.74 Å². The van der Waals surface area contributed by atoms with Crippen LogP contribution in [0.15, 0.2) is 60.7 Å². The van der Waals surface area contributed by atoms with E-state index < -0.39 is 11.9 Å². The fraction of sp³-hybridized carbons (Fsp3) is 0.0625. The van der Waals surface area contributed by atoms with E-state index in [1.165, 1.54) is 12.1 Å². The Morgan fingerprint density at radius 3 is 2.55 bits per heavy atom. The van der Waals surface area contributed by atoms with E-state index in [1.54, 1.807) is 18.2 Å². The summed E-state index contributed by atoms with van der Waals surface area (Å²) in [6, 6.07) is 15.6. The van der Waals surface area contributed by atoms with E-state index in [0.717, 1.165) is 5.56 Å². The summed E-state index contributed by atoms with van der Waals surface area (Å²) in [5.41, 5.74) is 1.12. The molecule has 0 unspecified atom stereocenters. The largest absolute Gasteiger partial charge is 0.445 e. The van der Waals surface area contributed by atoms with Gasteiger partial charge in [0.05, 0.1) is 5.69 Å². The molecule has 0 heterocycles. The number of benzene rings is 2. The van der Waals surface area contributed by atoms with Crippen molar-refractivity contribution in [1.29, 1.82) is 0 Å². The van der Waals surface area contributed by atoms with Crippen molar-refractivity contribution < 1.29 is 13.9 Å². The first-order chi connectivity index (χ1) is 9.75. The normalized spacial score (nSPS) is 10.4. The van der Waals surface area contributed by atoms with Gasteiger partial charge in [0.2, 0.25) is 0 Å². The minimum absolute atomic E-state index is 0.101. The van der Waals surface area contributed by atoms with Crippen LogP contribution in [0.3, 0.4) is 0 Å². The highest BCUT2D eigenvalue weighted by molar-refractivity contribution is 5.84. The van der Waals surface area contributed by atoms with Crippen LogP contribution in [0.5, 0.6) is 0 Å². The third-order valence-electron chi connectivity index (χ3n) is 2.53. The number of hydrogen-bond donors (Lipinski definition) is 1. The number of ether oxygens (including phenoxy) is 1. The zero-order valence-corrected chi connectivity index (χ0v) is 10.8. The van der Waals surface area contributed by atoms with Crippen LogP contribution in [0, 0.1) is 5.82 Å². The quantitative estimate of drug-likeness (QED) is 0.909. The first-order valence-corrected chi connectivity index (χ1v) is 6.15. The van der Waals surface area contributed by atoms with E-state index in [1.807, 2.05) is 36.4 Å². The maximum absolute atomic E-state index is 13.3. The Balaban J connectivity index is 1.79. The number of hydrogen-bond acceptors (Lipinski definition) is 2. The van der Waals surface area contributed by atoms with E-state index in [4.69, 9.17) is 4.74 Å². The molecule has 0 aliphatic heterocycles. The highest BCUT2D eigenvalue weighted by Gasteiger charge is 2.05. The van der Waals surface area contributed by atoms with Gasteiger partial charge < -0.3 is 4.74 Å². The molecule has 0 fully saturated rings. The van der Waals surface area contributed by atoms with Crippen LogP contribution >= 0.6 is 0 Å². The summed E-state index contributed by atoms with van der Waals surface area (Å²) < 4.78 is 18.2. The summed E-state index contributed by atoms with van der Waals surface area (Å²) in [6.07, 6.45) is 2.87. The molecule has 0 aromatic heterocycles. The van der Waals surface area contributed by atoms with Gasteiger partial charge in [-0.15, -0.1) is 0 Å². The SMILES string of the molecule is O=C(Nc1ccccc1F)OC/C=C\c1ccccc1. The maximum Gasteiger partial charge on any atom is 0.412 e. The third kappa shape index (κ3) is 4.24. The van der Waals surface area contributed by atoms with Crippen LogP contribution < -0.4 is 5.32 Å². The molecule has 2 aromatic carbocycles. The van der Waals surface area contributed by atoms with Crippen molar-refractivity contribution in [1.82, 2.24) is 0 Å². The average Bonchev–Trinajstić information content (AvgIpc) is 2.47. The molecular formula is C16H14FNO2. The van der Waals surface area contributed by atoms with Gasteiger partial charge in [-0.2, -0.15) is 0 Å². The van der Waals surface area contributed by atoms with Gasteiger partial charge in [-0.1, -0.05) is 48.5 Å². The number of amides is 1. The molecule has 102 valence electrons. The Hall–Kier alpha value is -2.62. The van der Waals surface area contributed by atoms with E-state index >= 15 is 0 Å². The minimum atomic E-state index is -0.687. The Labute approximate surface area is 116 Å². The maximum atomic E-state index is 13.3. The highest BCUT2D eigenvalue weighted by atomic mass is 19.1. The predicted molar refractivity (Wildman–Crippen MR) is 76.8 cm³/mol. The Morgan fingerprint density at radius 2 is 1.80 bits per heavy atom. The number of anilines is 1. The smallest absolute Gasteiger partial charge is 0.412 e. The van der Waals surface area contributed by atoms with Crippen LogP contribution in [-0.4, -0.2) is 12.7 Å². The molecule has 0 atom stereocenters. The molecule has 1 amide bonds. The topological polar surface area (TPSA) is 38.3 Å². The second-order valence-electron chi connectivity index (χ2n) is 4.02. The van der Waals surface area contributed by atoms with Crippen LogP contribution in [0.4, 0.5) is 14.9 Å². The lowest BCUT2D eigenvalue weighted by Gasteiger charge is -2.05. The van der Waals surface area contributed by atoms with Gasteiger partial charge in [-0.25, -0.2) is 9.18 Å². The predicted octanol–water partition coefficient (Wildman–Crippen LogP) is 4.09. The number of para-hydroxylation sites is 1. The monoisotopic (exact) mass is 271 g/mol. The van der Waals surface area contributed by atoms with Crippen LogP contribution in [0.2, 0.25) is 0 Å². The number of nitrogens with one attached hydrogen (secondary N) is 1. The number of rotatable bonds is 4. The Bertz CT molecular complexity index is 596. The molecule has 4 heteroatoms. The zero-order valence-electron chi connectivity index (χ0n) is 10.8. The lowest BCUT2D eigenvalue weighted by Crippen LogP contribution is -2.14. The van der Waals surface area contributed by atoms with Gasteiger partial charge in [0.15, 0.2) is 0 Å². The van der Waals surface area contributed by atoms with Crippen molar-refractivity contribution in [3.63, 3.8) is 0 Å². The lowest BCUT2D eigenvalue weighted by atomic mass is 10.2. The fourth-order valence-corrected chi connectivity index (χ4v) is 1.58. The summed E-state index contributed by atoms with van der Waals surface area (Å²) in [7, 11) is 0. The van der Waals surface area contributed by atoms with Gasteiger partial charge >= 0.3 is 6.09 Å². The summed E-state index contributed by atoms with van der Waals surface area (Å²) in [6.45, 7) is 0.120. The number of halogens is 1. The first kappa shape index (κ1) is 13.8. The second kappa shape index (κ2) is 7.09. The van der Waals surface area contributed by atoms with Crippen molar-refractivity contribution in [3.8, 4) is 0 Å². The van der Waals surface area contributed by atoms with Crippen molar-refractivity contribution >= 4 is 17.9 Å². The summed E-state index contributed by atoms with van der Waals surface area (Å²) in [5, 5.41) is 2.34. The first-order valence-electron chi connectivity index (χ1n) is 6.15. The molecule has 3 nitrogen and oxygen atoms in total. The molecule has 0 radical (unpaired) electrons. The molecule has 0 saturated heterocycles. The van der Waals surface area contributed by atoms with Crippen molar-refractivity contribution in [3.05, 3.63) is 72.1 Å². The molecule has 0 saturated carbocycles. The molecular weight excluding hydrogens is 257 g/mol. The summed E-state index contributed by atoms with van der Waals surface area (Å²) >= 11 is 0. The molecule has 20 heavy (non-hydrogen) atoms. The van der Waals surface area contributed by atoms with Crippen molar-refractivity contribution in [2.24, 2.45) is 0 Å². The summed E-state index contributed by atoms with van der Waals surface area (Å²) in [4.78, 5) is 11.4. The van der Waals surface area contributed by atoms with Crippen molar-refractivity contribution in [2.45, 2.75) is 0 Å². The number of carbonyl (C=O) groups excluding carboxylic acids is 1. The molecule has 2 aromatic rings. The van der Waals surface area contributed by atoms with Gasteiger partial charge in [-0.05, 0) is 23.8 Å². The van der Waals surface area contributed by atoms with Gasteiger partial charge in [-0.3, -0.25) is 5.32 Å². The number of carbonyl (C=O) groups is 1. The summed E-state index contributed by atoms with van der Waals surface area (Å²) in [5.74, 6) is -0.496. The highest BCUT2D eigenvalue weighted by Crippen LogP contribution is 2.12. The third-order valence-corrected chi connectivity index (χ3v) is 2.53. The lowest BCUT2D eigenvalue weighted by molar-refractivity contribution is 0.174. The second-order valence-corrected chi connectivity index (χ2v) is 4.02. The molecule has 0 aliphatic carbocycles. The van der Waals surface area contributed by atoms with E-state index in [2.05, 4.69) is 5.32 Å². The molecule has 0 bridgehead atoms. The molecule has 1 N–H and O–H groups in total. The van der Waals surface area contributed by atoms with Crippen LogP contribution in [0.25, 0.3) is 6.08 Å². The van der Waals surface area contributed by atoms with Gasteiger partial charge in [0, 0.05) is 0 Å². The average molecular weight is 271 g/mol. The van der Waals surface area contributed by atoms with Crippen LogP contribution in [0.1, 0.15) is 5.56 Å². The van der Waals surface area contributed by atoms with Gasteiger partial charge in [0.25, 0.3) is 0 Å². The zero-order chi connectivity index (χ0) is 14.2. The standard InChI is InChI=1S/C16H14FNO2/c17-14-10-4-5-11-15(14)18-16(19)20-12-6-9-13-7-2-1-3-8-13/h1-11H,12H2,(H,18,19)/b9-6-. The Morgan fingerprint density at radius 1 is 1.10 bits per heavy atom. The van der Waals surface area contributed by atoms with E-state index in [0.29, 0.717) is 0 Å². The van der Waals surface area contributed by atoms with Crippen molar-refractivity contribution in [2.75, 3.05) is 11.9 Å². The van der Waals surface area contributed by atoms with E-state index in [9.17, 15) is 9.18 Å². The Kier molecular flexibility index (Phi) is 4.89. The van der Waals surface area contributed by atoms with E-state index in [-0.39, 0.29) is 12.3 Å². The molecule has 0 spiro atoms. The minimum Gasteiger partial charge on any atom is -0.445 e. The van der Waals surface area contributed by atoms with Gasteiger partial charge in [0.1, 0.15) is 12.4 Å². The molecule has 2 rings (SSSR count). The molecule has 0 aliphatic rings.